The average Bonchev–Trinajstić information content (AvgIpc) is 2.57. The predicted octanol–water partition coefficient (Wildman–Crippen LogP) is 5.04. The molecule has 1 aliphatic rings. The highest BCUT2D eigenvalue weighted by atomic mass is 79.9. The lowest BCUT2D eigenvalue weighted by molar-refractivity contribution is -0.0509. The molecule has 0 spiro atoms. The van der Waals surface area contributed by atoms with Crippen molar-refractivity contribution in [3.05, 3.63) is 69.3 Å². The molecule has 6 heteroatoms. The van der Waals surface area contributed by atoms with Gasteiger partial charge in [0.15, 0.2) is 0 Å². The first-order valence-electron chi connectivity index (χ1n) is 7.43. The van der Waals surface area contributed by atoms with Crippen LogP contribution in [0.3, 0.4) is 0 Å². The van der Waals surface area contributed by atoms with E-state index in [-0.39, 0.29) is 5.78 Å². The summed E-state index contributed by atoms with van der Waals surface area (Å²) in [5.41, 5.74) is 1.73. The Balaban J connectivity index is 1.92. The Morgan fingerprint density at radius 1 is 1.29 bits per heavy atom. The molecule has 1 heterocycles. The molecule has 24 heavy (non-hydrogen) atoms. The number of fused-ring (bicyclic) bond motifs is 1. The monoisotopic (exact) mass is 407 g/mol. The second kappa shape index (κ2) is 7.38. The summed E-state index contributed by atoms with van der Waals surface area (Å²) >= 11 is 9.26. The van der Waals surface area contributed by atoms with Crippen LogP contribution in [0.4, 0.5) is 5.69 Å². The SMILES string of the molecule is CCO[C@@H]1Oc2ccc(Br)cc2C(=O)/C1=C/Nc1ccc(Cl)cc1. The van der Waals surface area contributed by atoms with Gasteiger partial charge < -0.3 is 14.8 Å². The van der Waals surface area contributed by atoms with Gasteiger partial charge >= 0.3 is 0 Å². The summed E-state index contributed by atoms with van der Waals surface area (Å²) in [6.07, 6.45) is 0.881. The molecule has 2 aromatic rings. The lowest BCUT2D eigenvalue weighted by Crippen LogP contribution is -2.33. The van der Waals surface area contributed by atoms with Crippen LogP contribution in [0.2, 0.25) is 5.02 Å². The van der Waals surface area contributed by atoms with E-state index in [0.29, 0.717) is 28.5 Å². The number of hydrogen-bond donors (Lipinski definition) is 1. The van der Waals surface area contributed by atoms with Crippen molar-refractivity contribution in [2.45, 2.75) is 13.2 Å². The van der Waals surface area contributed by atoms with E-state index in [1.54, 1.807) is 30.5 Å². The molecule has 0 amide bonds. The van der Waals surface area contributed by atoms with Crippen LogP contribution in [-0.4, -0.2) is 18.7 Å². The second-order valence-electron chi connectivity index (χ2n) is 5.13. The molecular formula is C18H15BrClNO3. The number of rotatable bonds is 4. The van der Waals surface area contributed by atoms with Crippen molar-refractivity contribution in [3.63, 3.8) is 0 Å². The number of anilines is 1. The topological polar surface area (TPSA) is 47.6 Å². The summed E-state index contributed by atoms with van der Waals surface area (Å²) in [5.74, 6) is 0.391. The number of ketones is 1. The number of ether oxygens (including phenoxy) is 2. The van der Waals surface area contributed by atoms with E-state index >= 15 is 0 Å². The van der Waals surface area contributed by atoms with Gasteiger partial charge in [0.1, 0.15) is 5.75 Å². The van der Waals surface area contributed by atoms with E-state index in [4.69, 9.17) is 21.1 Å². The smallest absolute Gasteiger partial charge is 0.232 e. The minimum absolute atomic E-state index is 0.127. The van der Waals surface area contributed by atoms with Gasteiger partial charge in [-0.25, -0.2) is 0 Å². The number of benzene rings is 2. The highest BCUT2D eigenvalue weighted by molar-refractivity contribution is 9.10. The first-order valence-corrected chi connectivity index (χ1v) is 8.60. The third-order valence-electron chi connectivity index (χ3n) is 3.49. The molecule has 1 aliphatic heterocycles. The zero-order chi connectivity index (χ0) is 17.1. The molecule has 0 unspecified atom stereocenters. The minimum Gasteiger partial charge on any atom is -0.460 e. The van der Waals surface area contributed by atoms with Crippen LogP contribution in [0.25, 0.3) is 0 Å². The fraction of sp³-hybridized carbons (Fsp3) is 0.167. The van der Waals surface area contributed by atoms with Crippen LogP contribution in [0.1, 0.15) is 17.3 Å². The number of carbonyl (C=O) groups is 1. The Labute approximate surface area is 153 Å². The largest absolute Gasteiger partial charge is 0.460 e. The van der Waals surface area contributed by atoms with Crippen LogP contribution in [0.5, 0.6) is 5.75 Å². The first-order chi connectivity index (χ1) is 11.6. The van der Waals surface area contributed by atoms with Gasteiger partial charge in [0.25, 0.3) is 0 Å². The summed E-state index contributed by atoms with van der Waals surface area (Å²) in [4.78, 5) is 12.8. The van der Waals surface area contributed by atoms with E-state index in [9.17, 15) is 4.79 Å². The number of nitrogens with one attached hydrogen (secondary N) is 1. The third-order valence-corrected chi connectivity index (χ3v) is 4.24. The van der Waals surface area contributed by atoms with Gasteiger partial charge in [-0.1, -0.05) is 27.5 Å². The van der Waals surface area contributed by atoms with E-state index in [1.807, 2.05) is 25.1 Å². The third kappa shape index (κ3) is 3.64. The molecule has 1 atom stereocenters. The van der Waals surface area contributed by atoms with E-state index in [1.165, 1.54) is 0 Å². The molecule has 0 saturated carbocycles. The van der Waals surface area contributed by atoms with Crippen molar-refractivity contribution in [2.24, 2.45) is 0 Å². The van der Waals surface area contributed by atoms with Crippen molar-refractivity contribution in [1.82, 2.24) is 0 Å². The molecule has 0 aliphatic carbocycles. The Kier molecular flexibility index (Phi) is 5.23. The number of Topliss-reactive ketones (excluding diaryl/α,β-unsaturated/α-hetero) is 1. The van der Waals surface area contributed by atoms with Crippen molar-refractivity contribution < 1.29 is 14.3 Å². The fourth-order valence-corrected chi connectivity index (χ4v) is 2.83. The average molecular weight is 409 g/mol. The molecule has 0 aromatic heterocycles. The van der Waals surface area contributed by atoms with Crippen molar-refractivity contribution >= 4 is 39.0 Å². The molecule has 2 aromatic carbocycles. The van der Waals surface area contributed by atoms with Crippen molar-refractivity contribution in [1.29, 1.82) is 0 Å². The molecular weight excluding hydrogens is 394 g/mol. The Bertz CT molecular complexity index is 789. The zero-order valence-corrected chi connectivity index (χ0v) is 15.2. The van der Waals surface area contributed by atoms with Crippen LogP contribution < -0.4 is 10.1 Å². The Hall–Kier alpha value is -1.82. The van der Waals surface area contributed by atoms with Crippen molar-refractivity contribution in [3.8, 4) is 5.75 Å². The van der Waals surface area contributed by atoms with Gasteiger partial charge in [0.2, 0.25) is 12.1 Å². The summed E-state index contributed by atoms with van der Waals surface area (Å²) in [5, 5.41) is 3.74. The van der Waals surface area contributed by atoms with Crippen LogP contribution in [0.15, 0.2) is 58.7 Å². The number of carbonyl (C=O) groups excluding carboxylic acids is 1. The van der Waals surface area contributed by atoms with Gasteiger partial charge in [-0.05, 0) is 49.4 Å². The lowest BCUT2D eigenvalue weighted by Gasteiger charge is -2.27. The first kappa shape index (κ1) is 17.0. The van der Waals surface area contributed by atoms with Gasteiger partial charge in [-0.2, -0.15) is 0 Å². The molecule has 4 nitrogen and oxygen atoms in total. The molecule has 0 bridgehead atoms. The van der Waals surface area contributed by atoms with E-state index in [0.717, 1.165) is 10.2 Å². The maximum atomic E-state index is 12.8. The minimum atomic E-state index is -0.740. The maximum absolute atomic E-state index is 12.8. The fourth-order valence-electron chi connectivity index (χ4n) is 2.34. The van der Waals surface area contributed by atoms with Crippen LogP contribution >= 0.6 is 27.5 Å². The molecule has 1 N–H and O–H groups in total. The number of halogens is 2. The van der Waals surface area contributed by atoms with Crippen LogP contribution in [-0.2, 0) is 4.74 Å². The lowest BCUT2D eigenvalue weighted by atomic mass is 10.00. The highest BCUT2D eigenvalue weighted by Crippen LogP contribution is 2.33. The summed E-state index contributed by atoms with van der Waals surface area (Å²) in [6, 6.07) is 12.5. The van der Waals surface area contributed by atoms with Crippen LogP contribution in [0, 0.1) is 0 Å². The molecule has 0 saturated heterocycles. The van der Waals surface area contributed by atoms with Gasteiger partial charge in [-0.15, -0.1) is 0 Å². The van der Waals surface area contributed by atoms with E-state index < -0.39 is 6.29 Å². The molecule has 124 valence electrons. The summed E-state index contributed by atoms with van der Waals surface area (Å²) in [6.45, 7) is 2.29. The van der Waals surface area contributed by atoms with Gasteiger partial charge in [-0.3, -0.25) is 4.79 Å². The molecule has 3 rings (SSSR count). The van der Waals surface area contributed by atoms with Crippen molar-refractivity contribution in [2.75, 3.05) is 11.9 Å². The zero-order valence-electron chi connectivity index (χ0n) is 12.9. The predicted molar refractivity (Wildman–Crippen MR) is 97.7 cm³/mol. The molecule has 0 radical (unpaired) electrons. The van der Waals surface area contributed by atoms with E-state index in [2.05, 4.69) is 21.2 Å². The van der Waals surface area contributed by atoms with Gasteiger partial charge in [0.05, 0.1) is 11.1 Å². The maximum Gasteiger partial charge on any atom is 0.232 e. The van der Waals surface area contributed by atoms with Gasteiger partial charge in [0, 0.05) is 28.0 Å². The normalized spacial score (nSPS) is 18.2. The Morgan fingerprint density at radius 3 is 2.75 bits per heavy atom. The standard InChI is InChI=1S/C18H15BrClNO3/c1-2-23-18-15(10-21-13-6-4-12(20)5-7-13)17(22)14-9-11(19)3-8-16(14)24-18/h3-10,18,21H,2H2,1H3/b15-10-/t18-/m1/s1. The second-order valence-corrected chi connectivity index (χ2v) is 6.48. The number of hydrogen-bond acceptors (Lipinski definition) is 4. The molecule has 0 fully saturated rings. The summed E-state index contributed by atoms with van der Waals surface area (Å²) in [7, 11) is 0. The quantitative estimate of drug-likeness (QED) is 0.720. The highest BCUT2D eigenvalue weighted by Gasteiger charge is 2.32. The summed E-state index contributed by atoms with van der Waals surface area (Å²) < 4.78 is 12.2. The Morgan fingerprint density at radius 2 is 2.04 bits per heavy atom.